The zero-order chi connectivity index (χ0) is 11.3. The third-order valence-corrected chi connectivity index (χ3v) is 2.46. The molecule has 0 aliphatic heterocycles. The zero-order valence-corrected chi connectivity index (χ0v) is 13.8. The van der Waals surface area contributed by atoms with E-state index >= 15 is 0 Å². The van der Waals surface area contributed by atoms with E-state index in [1.165, 1.54) is 0 Å². The topological polar surface area (TPSA) is 194 Å². The summed E-state index contributed by atoms with van der Waals surface area (Å²) < 4.78 is 3.24. The van der Waals surface area contributed by atoms with Crippen LogP contribution in [0.3, 0.4) is 0 Å². The summed E-state index contributed by atoms with van der Waals surface area (Å²) in [6.07, 6.45) is -2.33. The Morgan fingerprint density at radius 1 is 0.867 bits per heavy atom. The van der Waals surface area contributed by atoms with E-state index in [1.807, 2.05) is 0 Å². The van der Waals surface area contributed by atoms with Gasteiger partial charge in [0.25, 0.3) is 0 Å². The van der Waals surface area contributed by atoms with E-state index in [0.717, 1.165) is 0 Å². The average molecular weight is 280 g/mol. The maximum Gasteiger partial charge on any atom is 1.00 e. The van der Waals surface area contributed by atoms with Gasteiger partial charge in [-0.1, -0.05) is 0 Å². The zero-order valence-electron chi connectivity index (χ0n) is 7.82. The minimum Gasteiger partial charge on any atom is -0.652 e. The fraction of sp³-hybridized carbons (Fsp3) is 0. The van der Waals surface area contributed by atoms with Gasteiger partial charge in [0.15, 0.2) is 0 Å². The molecule has 0 saturated carbocycles. The molecule has 0 bridgehead atoms. The van der Waals surface area contributed by atoms with Crippen molar-refractivity contribution < 1.29 is 107 Å². The molecular weight excluding hydrogens is 274 g/mol. The quantitative estimate of drug-likeness (QED) is 0.264. The Kier molecular flexibility index (Phi) is 17.8. The van der Waals surface area contributed by atoms with Gasteiger partial charge in [-0.25, -0.2) is 0 Å². The predicted molar refractivity (Wildman–Crippen MR) is 31.3 cm³/mol. The van der Waals surface area contributed by atoms with Crippen molar-refractivity contribution in [1.29, 1.82) is 0 Å². The van der Waals surface area contributed by atoms with Crippen molar-refractivity contribution in [2.45, 2.75) is 0 Å². The first-order valence-corrected chi connectivity index (χ1v) is 5.86. The van der Waals surface area contributed by atoms with E-state index in [0.29, 0.717) is 0 Å². The van der Waals surface area contributed by atoms with Crippen LogP contribution in [0.2, 0.25) is 0 Å². The summed E-state index contributed by atoms with van der Waals surface area (Å²) in [5, 5.41) is 16.7. The monoisotopic (exact) mass is 280 g/mol. The van der Waals surface area contributed by atoms with Crippen molar-refractivity contribution in [3.8, 4) is 0 Å². The number of carboxylic acid groups (broad SMARTS) is 2. The van der Waals surface area contributed by atoms with Crippen molar-refractivity contribution in [2.75, 3.05) is 0 Å². The summed E-state index contributed by atoms with van der Waals surface area (Å²) in [5.74, 6) is 0. The molecule has 0 saturated heterocycles. The van der Waals surface area contributed by atoms with Gasteiger partial charge in [-0.05, 0) is 6.16 Å². The molecule has 0 atom stereocenters. The van der Waals surface area contributed by atoms with Crippen molar-refractivity contribution in [3.05, 3.63) is 0 Å². The minimum atomic E-state index is -4.98. The van der Waals surface area contributed by atoms with Crippen LogP contribution in [0.25, 0.3) is 0 Å². The normalized spacial score (nSPS) is 10.0. The Morgan fingerprint density at radius 3 is 1.00 bits per heavy atom. The molecular formula is CH6Na2O10Si2. The fourth-order valence-corrected chi connectivity index (χ4v) is 1.65. The Hall–Kier alpha value is 1.42. The number of hydrogen-bond acceptors (Lipinski definition) is 10. The Balaban J connectivity index is -0.0000000883. The van der Waals surface area contributed by atoms with Crippen molar-refractivity contribution in [2.24, 2.45) is 0 Å². The third-order valence-electron chi connectivity index (χ3n) is 0.274. The molecule has 15 heavy (non-hydrogen) atoms. The van der Waals surface area contributed by atoms with Crippen molar-refractivity contribution >= 4 is 24.3 Å². The van der Waals surface area contributed by atoms with Crippen LogP contribution in [0.15, 0.2) is 0 Å². The Morgan fingerprint density at radius 2 is 1.00 bits per heavy atom. The van der Waals surface area contributed by atoms with E-state index in [1.54, 1.807) is 0 Å². The summed E-state index contributed by atoms with van der Waals surface area (Å²) in [5.41, 5.74) is 0. The summed E-state index contributed by atoms with van der Waals surface area (Å²) in [6, 6.07) is 0. The standard InChI is InChI=1S/CH2O3.2Na.H6O7Si2/c2-1(3)4;;;1-8(2,3)7-9(4,5)6/h(H2,2,3,4);;;1-6H/q;2*+1;/p-2. The van der Waals surface area contributed by atoms with Gasteiger partial charge in [0, 0.05) is 0 Å². The largest absolute Gasteiger partial charge is 1.00 e. The van der Waals surface area contributed by atoms with Crippen LogP contribution in [0, 0.1) is 0 Å². The predicted octanol–water partition coefficient (Wildman–Crippen LogP) is -12.6. The van der Waals surface area contributed by atoms with Crippen molar-refractivity contribution in [1.82, 2.24) is 0 Å². The Labute approximate surface area is 130 Å². The van der Waals surface area contributed by atoms with Gasteiger partial charge in [-0.2, -0.15) is 0 Å². The molecule has 0 heterocycles. The Bertz CT molecular complexity index is 144. The first-order chi connectivity index (χ1) is 5.44. The molecule has 0 amide bonds. The maximum atomic E-state index is 8.33. The molecule has 80 valence electrons. The van der Waals surface area contributed by atoms with Crippen molar-refractivity contribution in [3.63, 3.8) is 0 Å². The van der Waals surface area contributed by atoms with Gasteiger partial charge in [0.05, 0.1) is 0 Å². The molecule has 0 fully saturated rings. The molecule has 0 aromatic heterocycles. The second-order valence-electron chi connectivity index (χ2n) is 1.50. The first-order valence-electron chi connectivity index (χ1n) is 2.36. The first kappa shape index (κ1) is 25.3. The molecule has 0 aliphatic rings. The van der Waals surface area contributed by atoms with Gasteiger partial charge < -0.3 is 47.9 Å². The van der Waals surface area contributed by atoms with Crippen LogP contribution < -0.4 is 69.3 Å². The van der Waals surface area contributed by atoms with Gasteiger partial charge in [0.1, 0.15) is 0 Å². The molecule has 6 N–H and O–H groups in total. The van der Waals surface area contributed by atoms with Gasteiger partial charge in [0.2, 0.25) is 0 Å². The second-order valence-corrected chi connectivity index (χ2v) is 4.61. The van der Waals surface area contributed by atoms with E-state index in [-0.39, 0.29) is 59.1 Å². The van der Waals surface area contributed by atoms with Gasteiger partial charge >= 0.3 is 77.2 Å². The van der Waals surface area contributed by atoms with Crippen LogP contribution >= 0.6 is 0 Å². The number of rotatable bonds is 2. The van der Waals surface area contributed by atoms with E-state index in [2.05, 4.69) is 4.12 Å². The molecule has 10 nitrogen and oxygen atoms in total. The second kappa shape index (κ2) is 10.6. The number of carbonyl (C=O) groups excluding carboxylic acids is 1. The van der Waals surface area contributed by atoms with Crippen LogP contribution in [0.5, 0.6) is 0 Å². The fourth-order valence-electron chi connectivity index (χ4n) is 0.184. The summed E-state index contributed by atoms with van der Waals surface area (Å²) in [4.78, 5) is 55.9. The molecule has 0 rings (SSSR count). The third kappa shape index (κ3) is 50.4. The van der Waals surface area contributed by atoms with Crippen LogP contribution in [0.4, 0.5) is 4.79 Å². The van der Waals surface area contributed by atoms with E-state index in [9.17, 15) is 0 Å². The number of carbonyl (C=O) groups is 1. The smallest absolute Gasteiger partial charge is 0.652 e. The molecule has 0 aliphatic carbocycles. The van der Waals surface area contributed by atoms with Crippen LogP contribution in [-0.4, -0.2) is 53.0 Å². The molecule has 0 spiro atoms. The van der Waals surface area contributed by atoms with Gasteiger partial charge in [-0.15, -0.1) is 0 Å². The van der Waals surface area contributed by atoms with Gasteiger partial charge in [-0.3, -0.25) is 0 Å². The molecule has 0 radical (unpaired) electrons. The SMILES string of the molecule is O=C([O-])[O-].O[Si](O)(O)O[Si](O)(O)O.[Na+].[Na+]. The summed E-state index contributed by atoms with van der Waals surface area (Å²) >= 11 is 0. The average Bonchev–Trinajstić information content (AvgIpc) is 1.47. The summed E-state index contributed by atoms with van der Waals surface area (Å²) in [6.45, 7) is 0. The van der Waals surface area contributed by atoms with Crippen LogP contribution in [-0.2, 0) is 4.12 Å². The maximum absolute atomic E-state index is 8.33. The summed E-state index contributed by atoms with van der Waals surface area (Å²) in [7, 11) is -9.96. The van der Waals surface area contributed by atoms with E-state index < -0.39 is 24.3 Å². The minimum absolute atomic E-state index is 0. The number of hydrogen-bond donors (Lipinski definition) is 6. The van der Waals surface area contributed by atoms with E-state index in [4.69, 9.17) is 43.8 Å². The molecule has 0 aromatic rings. The molecule has 0 unspecified atom stereocenters. The molecule has 0 aromatic carbocycles. The molecule has 14 heteroatoms. The van der Waals surface area contributed by atoms with Crippen LogP contribution in [0.1, 0.15) is 0 Å².